The molecular formula is C23H21ClF5N3O3. The van der Waals surface area contributed by atoms with Crippen LogP contribution in [0.1, 0.15) is 35.6 Å². The smallest absolute Gasteiger partial charge is 0.425 e. The van der Waals surface area contributed by atoms with Crippen LogP contribution in [0.4, 0.5) is 27.6 Å². The van der Waals surface area contributed by atoms with Gasteiger partial charge in [-0.1, -0.05) is 24.6 Å². The molecule has 0 bridgehead atoms. The molecule has 12 heteroatoms. The molecule has 0 fully saturated rings. The Balaban J connectivity index is 2.15. The molecule has 0 radical (unpaired) electrons. The zero-order valence-corrected chi connectivity index (χ0v) is 19.6. The maximum absolute atomic E-state index is 15.2. The number of para-hydroxylation sites is 1. The second kappa shape index (κ2) is 10.2. The van der Waals surface area contributed by atoms with Crippen molar-refractivity contribution in [3.05, 3.63) is 63.9 Å². The average Bonchev–Trinajstić information content (AvgIpc) is 3.11. The summed E-state index contributed by atoms with van der Waals surface area (Å²) in [5.74, 6) is -3.63. The van der Waals surface area contributed by atoms with Gasteiger partial charge in [0.1, 0.15) is 23.2 Å². The van der Waals surface area contributed by atoms with Crippen molar-refractivity contribution in [1.29, 1.82) is 0 Å². The molecule has 1 atom stereocenters. The number of aryl methyl sites for hydroxylation is 1. The summed E-state index contributed by atoms with van der Waals surface area (Å²) < 4.78 is 75.4. The molecule has 0 aliphatic heterocycles. The Hall–Kier alpha value is -3.18. The molecule has 0 saturated carbocycles. The van der Waals surface area contributed by atoms with E-state index in [4.69, 9.17) is 16.3 Å². The number of imidazole rings is 1. The fourth-order valence-corrected chi connectivity index (χ4v) is 3.58. The Morgan fingerprint density at radius 2 is 1.94 bits per heavy atom. The van der Waals surface area contributed by atoms with Crippen molar-refractivity contribution >= 4 is 23.2 Å². The van der Waals surface area contributed by atoms with E-state index >= 15 is 4.39 Å². The van der Waals surface area contributed by atoms with E-state index in [0.717, 1.165) is 19.1 Å². The van der Waals surface area contributed by atoms with E-state index in [9.17, 15) is 27.5 Å². The number of ether oxygens (including phenoxy) is 1. The Morgan fingerprint density at radius 1 is 1.26 bits per heavy atom. The number of benzene rings is 2. The lowest BCUT2D eigenvalue weighted by Crippen LogP contribution is -2.32. The molecule has 1 aromatic heterocycles. The number of hydrogen-bond donors (Lipinski definition) is 2. The molecule has 0 aliphatic carbocycles. The van der Waals surface area contributed by atoms with Gasteiger partial charge in [-0.3, -0.25) is 4.79 Å². The molecule has 0 saturated heterocycles. The fourth-order valence-electron chi connectivity index (χ4n) is 3.37. The van der Waals surface area contributed by atoms with Crippen molar-refractivity contribution in [3.8, 4) is 17.1 Å². The summed E-state index contributed by atoms with van der Waals surface area (Å²) >= 11 is 5.90. The van der Waals surface area contributed by atoms with Gasteiger partial charge in [0.2, 0.25) is 0 Å². The summed E-state index contributed by atoms with van der Waals surface area (Å²) in [6, 6.07) is 5.19. The van der Waals surface area contributed by atoms with E-state index < -0.39 is 53.4 Å². The largest absolute Gasteiger partial charge is 0.480 e. The number of rotatable bonds is 7. The van der Waals surface area contributed by atoms with E-state index in [-0.39, 0.29) is 16.4 Å². The van der Waals surface area contributed by atoms with Gasteiger partial charge >= 0.3 is 6.18 Å². The SMILES string of the molecule is CCc1nc(-c2cc(O[C@@H](C)C(F)(F)F)c(C(=O)Nc3c(F)cccc3Cl)cc2F)n(C)c1CO. The van der Waals surface area contributed by atoms with E-state index in [1.54, 1.807) is 6.92 Å². The van der Waals surface area contributed by atoms with Crippen LogP contribution in [0.25, 0.3) is 11.4 Å². The van der Waals surface area contributed by atoms with Crippen molar-refractivity contribution in [1.82, 2.24) is 9.55 Å². The number of aromatic nitrogens is 2. The van der Waals surface area contributed by atoms with E-state index in [1.165, 1.54) is 23.7 Å². The van der Waals surface area contributed by atoms with Crippen LogP contribution in [0.5, 0.6) is 5.75 Å². The van der Waals surface area contributed by atoms with Gasteiger partial charge in [-0.25, -0.2) is 13.8 Å². The molecule has 0 spiro atoms. The lowest BCUT2D eigenvalue weighted by atomic mass is 10.1. The zero-order chi connectivity index (χ0) is 26.1. The number of hydrogen-bond acceptors (Lipinski definition) is 4. The highest BCUT2D eigenvalue weighted by Crippen LogP contribution is 2.35. The first-order valence-electron chi connectivity index (χ1n) is 10.4. The van der Waals surface area contributed by atoms with Crippen LogP contribution in [0.15, 0.2) is 30.3 Å². The third-order valence-corrected chi connectivity index (χ3v) is 5.62. The molecule has 1 amide bonds. The number of alkyl halides is 3. The highest BCUT2D eigenvalue weighted by atomic mass is 35.5. The minimum Gasteiger partial charge on any atom is -0.480 e. The van der Waals surface area contributed by atoms with Gasteiger partial charge in [0, 0.05) is 7.05 Å². The lowest BCUT2D eigenvalue weighted by molar-refractivity contribution is -0.189. The van der Waals surface area contributed by atoms with Crippen LogP contribution in [-0.4, -0.2) is 32.8 Å². The summed E-state index contributed by atoms with van der Waals surface area (Å²) in [6.07, 6.45) is -6.74. The van der Waals surface area contributed by atoms with Crippen molar-refractivity contribution in [2.24, 2.45) is 7.05 Å². The van der Waals surface area contributed by atoms with E-state index in [2.05, 4.69) is 10.3 Å². The molecule has 2 N–H and O–H groups in total. The number of carbonyl (C=O) groups excluding carboxylic acids is 1. The summed E-state index contributed by atoms with van der Waals surface area (Å²) in [5, 5.41) is 11.6. The Morgan fingerprint density at radius 3 is 2.49 bits per heavy atom. The monoisotopic (exact) mass is 517 g/mol. The lowest BCUT2D eigenvalue weighted by Gasteiger charge is -2.21. The zero-order valence-electron chi connectivity index (χ0n) is 18.8. The third kappa shape index (κ3) is 5.40. The molecule has 3 rings (SSSR count). The topological polar surface area (TPSA) is 76.4 Å². The highest BCUT2D eigenvalue weighted by Gasteiger charge is 2.39. The summed E-state index contributed by atoms with van der Waals surface area (Å²) in [5.41, 5.74) is -0.445. The molecular weight excluding hydrogens is 497 g/mol. The van der Waals surface area contributed by atoms with Gasteiger partial charge in [-0.05, 0) is 37.6 Å². The maximum Gasteiger partial charge on any atom is 0.425 e. The number of carbonyl (C=O) groups is 1. The fraction of sp³-hybridized carbons (Fsp3) is 0.304. The van der Waals surface area contributed by atoms with Crippen LogP contribution in [0, 0.1) is 11.6 Å². The Bertz CT molecular complexity index is 1240. The molecule has 188 valence electrons. The average molecular weight is 518 g/mol. The Kier molecular flexibility index (Phi) is 7.71. The van der Waals surface area contributed by atoms with E-state index in [1.807, 2.05) is 0 Å². The second-order valence-corrected chi connectivity index (χ2v) is 7.99. The summed E-state index contributed by atoms with van der Waals surface area (Å²) in [7, 11) is 1.51. The van der Waals surface area contributed by atoms with Crippen molar-refractivity contribution in [2.45, 2.75) is 39.2 Å². The minimum atomic E-state index is -4.79. The van der Waals surface area contributed by atoms with Crippen LogP contribution in [0.3, 0.4) is 0 Å². The number of aliphatic hydroxyl groups is 1. The predicted octanol–water partition coefficient (Wildman–Crippen LogP) is 5.66. The van der Waals surface area contributed by atoms with Crippen LogP contribution < -0.4 is 10.1 Å². The van der Waals surface area contributed by atoms with Gasteiger partial charge in [0.25, 0.3) is 5.91 Å². The quantitative estimate of drug-likeness (QED) is 0.397. The van der Waals surface area contributed by atoms with Crippen LogP contribution in [0.2, 0.25) is 5.02 Å². The first-order valence-corrected chi connectivity index (χ1v) is 10.7. The molecule has 1 heterocycles. The van der Waals surface area contributed by atoms with Gasteiger partial charge < -0.3 is 19.7 Å². The normalized spacial score (nSPS) is 12.5. The summed E-state index contributed by atoms with van der Waals surface area (Å²) in [6.45, 7) is 2.09. The first kappa shape index (κ1) is 26.4. The third-order valence-electron chi connectivity index (χ3n) is 5.30. The molecule has 35 heavy (non-hydrogen) atoms. The minimum absolute atomic E-state index is 0.0111. The predicted molar refractivity (Wildman–Crippen MR) is 119 cm³/mol. The molecule has 0 aliphatic rings. The van der Waals surface area contributed by atoms with Crippen LogP contribution in [-0.2, 0) is 20.1 Å². The van der Waals surface area contributed by atoms with Crippen molar-refractivity contribution in [3.63, 3.8) is 0 Å². The van der Waals surface area contributed by atoms with E-state index in [0.29, 0.717) is 23.9 Å². The second-order valence-electron chi connectivity index (χ2n) is 7.58. The van der Waals surface area contributed by atoms with Crippen molar-refractivity contribution in [2.75, 3.05) is 5.32 Å². The number of aliphatic hydroxyl groups excluding tert-OH is 1. The molecule has 2 aromatic carbocycles. The van der Waals surface area contributed by atoms with Gasteiger partial charge in [0.05, 0.1) is 39.8 Å². The maximum atomic E-state index is 15.2. The molecule has 0 unspecified atom stereocenters. The van der Waals surface area contributed by atoms with Crippen molar-refractivity contribution < 1.29 is 36.6 Å². The van der Waals surface area contributed by atoms with Gasteiger partial charge in [0.15, 0.2) is 6.10 Å². The number of halogens is 6. The number of nitrogens with one attached hydrogen (secondary N) is 1. The standard InChI is InChI=1S/C23H21ClF5N3O3/c1-4-17-18(10-33)32(3)21(30-17)12-9-19(35-11(2)23(27,28)29)13(8-16(12)26)22(34)31-20-14(24)6-5-7-15(20)25/h5-9,11,33H,4,10H2,1-3H3,(H,31,34)/t11-/m0/s1. The number of anilines is 1. The summed E-state index contributed by atoms with van der Waals surface area (Å²) in [4.78, 5) is 17.2. The number of nitrogens with zero attached hydrogens (tertiary/aromatic N) is 2. The Labute approximate surface area is 202 Å². The molecule has 3 aromatic rings. The first-order chi connectivity index (χ1) is 16.4. The van der Waals surface area contributed by atoms with Crippen LogP contribution >= 0.6 is 11.6 Å². The van der Waals surface area contributed by atoms with Gasteiger partial charge in [-0.15, -0.1) is 0 Å². The highest BCUT2D eigenvalue weighted by molar-refractivity contribution is 6.34. The molecule has 6 nitrogen and oxygen atoms in total. The number of amides is 1. The van der Waals surface area contributed by atoms with Gasteiger partial charge in [-0.2, -0.15) is 13.2 Å².